The second kappa shape index (κ2) is 4.45. The molecule has 17 heavy (non-hydrogen) atoms. The molecule has 0 spiro atoms. The molecule has 1 aromatic heterocycles. The number of aromatic carboxylic acids is 1. The number of nitrogens with zero attached hydrogens (tertiary/aromatic N) is 1. The summed E-state index contributed by atoms with van der Waals surface area (Å²) >= 11 is 0. The van der Waals surface area contributed by atoms with Gasteiger partial charge in [-0.25, -0.2) is 4.79 Å². The number of aryl methyl sites for hydroxylation is 2. The van der Waals surface area contributed by atoms with E-state index in [9.17, 15) is 4.79 Å². The molecule has 1 aromatic carbocycles. The molecular weight excluding hydrogens is 214 g/mol. The van der Waals surface area contributed by atoms with E-state index in [-0.39, 0.29) is 0 Å². The molecule has 0 radical (unpaired) electrons. The van der Waals surface area contributed by atoms with Crippen LogP contribution in [0.25, 0.3) is 0 Å². The number of carbonyl (C=O) groups is 1. The SMILES string of the molecule is Cc1ccc(Cn2ccc(C(=O)O)c2)cc1C. The second-order valence-corrected chi connectivity index (χ2v) is 4.30. The number of carboxylic acids is 1. The summed E-state index contributed by atoms with van der Waals surface area (Å²) in [5, 5.41) is 8.83. The standard InChI is InChI=1S/C14H15NO2/c1-10-3-4-12(7-11(10)2)8-15-6-5-13(9-15)14(16)17/h3-7,9H,8H2,1-2H3,(H,16,17). The molecule has 0 saturated heterocycles. The lowest BCUT2D eigenvalue weighted by molar-refractivity contribution is 0.0697. The van der Waals surface area contributed by atoms with Crippen LogP contribution < -0.4 is 0 Å². The molecule has 1 N–H and O–H groups in total. The van der Waals surface area contributed by atoms with Crippen LogP contribution in [0.5, 0.6) is 0 Å². The molecular formula is C14H15NO2. The Labute approximate surface area is 100 Å². The average Bonchev–Trinajstić information content (AvgIpc) is 2.72. The summed E-state index contributed by atoms with van der Waals surface area (Å²) in [5.41, 5.74) is 4.04. The summed E-state index contributed by atoms with van der Waals surface area (Å²) in [4.78, 5) is 10.8. The minimum absolute atomic E-state index is 0.328. The monoisotopic (exact) mass is 229 g/mol. The van der Waals surface area contributed by atoms with Crippen molar-refractivity contribution < 1.29 is 9.90 Å². The third-order valence-corrected chi connectivity index (χ3v) is 2.93. The highest BCUT2D eigenvalue weighted by molar-refractivity contribution is 5.87. The molecule has 0 unspecified atom stereocenters. The van der Waals surface area contributed by atoms with Gasteiger partial charge in [-0.3, -0.25) is 0 Å². The summed E-state index contributed by atoms with van der Waals surface area (Å²) in [6.07, 6.45) is 3.44. The first-order chi connectivity index (χ1) is 8.06. The first kappa shape index (κ1) is 11.5. The van der Waals surface area contributed by atoms with Gasteiger partial charge < -0.3 is 9.67 Å². The molecule has 0 fully saturated rings. The van der Waals surface area contributed by atoms with Crippen molar-refractivity contribution in [3.8, 4) is 0 Å². The largest absolute Gasteiger partial charge is 0.478 e. The molecule has 0 amide bonds. The van der Waals surface area contributed by atoms with Crippen molar-refractivity contribution in [3.05, 3.63) is 58.9 Å². The Morgan fingerprint density at radius 2 is 2.00 bits per heavy atom. The molecule has 3 heteroatoms. The maximum Gasteiger partial charge on any atom is 0.337 e. The maximum absolute atomic E-state index is 10.8. The normalized spacial score (nSPS) is 10.5. The summed E-state index contributed by atoms with van der Waals surface area (Å²) in [6.45, 7) is 4.86. The molecule has 0 saturated carbocycles. The third kappa shape index (κ3) is 2.56. The van der Waals surface area contributed by atoms with Crippen molar-refractivity contribution in [1.82, 2.24) is 4.57 Å². The van der Waals surface area contributed by atoms with Crippen molar-refractivity contribution >= 4 is 5.97 Å². The van der Waals surface area contributed by atoms with E-state index in [4.69, 9.17) is 5.11 Å². The summed E-state index contributed by atoms with van der Waals surface area (Å²) in [7, 11) is 0. The van der Waals surface area contributed by atoms with E-state index >= 15 is 0 Å². The Morgan fingerprint density at radius 3 is 2.59 bits per heavy atom. The summed E-state index contributed by atoms with van der Waals surface area (Å²) < 4.78 is 1.88. The minimum Gasteiger partial charge on any atom is -0.478 e. The highest BCUT2D eigenvalue weighted by Gasteiger charge is 2.04. The summed E-state index contributed by atoms with van der Waals surface area (Å²) in [6, 6.07) is 7.91. The zero-order valence-corrected chi connectivity index (χ0v) is 9.97. The second-order valence-electron chi connectivity index (χ2n) is 4.30. The zero-order valence-electron chi connectivity index (χ0n) is 9.97. The van der Waals surface area contributed by atoms with Gasteiger partial charge in [0.15, 0.2) is 0 Å². The van der Waals surface area contributed by atoms with Gasteiger partial charge in [-0.1, -0.05) is 18.2 Å². The Kier molecular flexibility index (Phi) is 3.00. The van der Waals surface area contributed by atoms with Crippen LogP contribution in [0.1, 0.15) is 27.0 Å². The van der Waals surface area contributed by atoms with Crippen molar-refractivity contribution in [2.75, 3.05) is 0 Å². The molecule has 2 aromatic rings. The van der Waals surface area contributed by atoms with E-state index in [1.54, 1.807) is 18.5 Å². The van der Waals surface area contributed by atoms with Gasteiger partial charge in [0.2, 0.25) is 0 Å². The molecule has 88 valence electrons. The van der Waals surface area contributed by atoms with Gasteiger partial charge in [0.05, 0.1) is 5.56 Å². The van der Waals surface area contributed by atoms with Crippen LogP contribution in [0.3, 0.4) is 0 Å². The Balaban J connectivity index is 2.19. The van der Waals surface area contributed by atoms with Crippen LogP contribution >= 0.6 is 0 Å². The molecule has 0 atom stereocenters. The molecule has 3 nitrogen and oxygen atoms in total. The Bertz CT molecular complexity index is 555. The lowest BCUT2D eigenvalue weighted by Crippen LogP contribution is -1.98. The van der Waals surface area contributed by atoms with Crippen LogP contribution in [0.4, 0.5) is 0 Å². The van der Waals surface area contributed by atoms with E-state index in [2.05, 4.69) is 32.0 Å². The van der Waals surface area contributed by atoms with Crippen molar-refractivity contribution in [3.63, 3.8) is 0 Å². The minimum atomic E-state index is -0.885. The van der Waals surface area contributed by atoms with E-state index in [0.29, 0.717) is 12.1 Å². The fraction of sp³-hybridized carbons (Fsp3) is 0.214. The summed E-state index contributed by atoms with van der Waals surface area (Å²) in [5.74, 6) is -0.885. The predicted octanol–water partition coefficient (Wildman–Crippen LogP) is 2.85. The Morgan fingerprint density at radius 1 is 1.24 bits per heavy atom. The number of rotatable bonds is 3. The van der Waals surface area contributed by atoms with Gasteiger partial charge in [0.25, 0.3) is 0 Å². The fourth-order valence-corrected chi connectivity index (χ4v) is 1.78. The topological polar surface area (TPSA) is 42.2 Å². The fourth-order valence-electron chi connectivity index (χ4n) is 1.78. The van der Waals surface area contributed by atoms with Crippen LogP contribution in [0.15, 0.2) is 36.7 Å². The maximum atomic E-state index is 10.8. The van der Waals surface area contributed by atoms with E-state index < -0.39 is 5.97 Å². The van der Waals surface area contributed by atoms with Crippen molar-refractivity contribution in [1.29, 1.82) is 0 Å². The number of aromatic nitrogens is 1. The molecule has 0 aliphatic heterocycles. The van der Waals surface area contributed by atoms with Crippen molar-refractivity contribution in [2.45, 2.75) is 20.4 Å². The zero-order chi connectivity index (χ0) is 12.4. The van der Waals surface area contributed by atoms with Gasteiger partial charge in [0, 0.05) is 18.9 Å². The Hall–Kier alpha value is -2.03. The number of carboxylic acid groups (broad SMARTS) is 1. The molecule has 0 bridgehead atoms. The number of hydrogen-bond donors (Lipinski definition) is 1. The predicted molar refractivity (Wildman–Crippen MR) is 66.4 cm³/mol. The lowest BCUT2D eigenvalue weighted by atomic mass is 10.1. The highest BCUT2D eigenvalue weighted by Crippen LogP contribution is 2.12. The number of hydrogen-bond acceptors (Lipinski definition) is 1. The molecule has 1 heterocycles. The van der Waals surface area contributed by atoms with Crippen LogP contribution in [0, 0.1) is 13.8 Å². The first-order valence-corrected chi connectivity index (χ1v) is 5.51. The first-order valence-electron chi connectivity index (χ1n) is 5.51. The van der Waals surface area contributed by atoms with Gasteiger partial charge >= 0.3 is 5.97 Å². The average molecular weight is 229 g/mol. The highest BCUT2D eigenvalue weighted by atomic mass is 16.4. The molecule has 0 aliphatic rings. The third-order valence-electron chi connectivity index (χ3n) is 2.93. The quantitative estimate of drug-likeness (QED) is 0.879. The van der Waals surface area contributed by atoms with E-state index in [1.165, 1.54) is 16.7 Å². The van der Waals surface area contributed by atoms with Crippen molar-refractivity contribution in [2.24, 2.45) is 0 Å². The van der Waals surface area contributed by atoms with Crippen LogP contribution in [-0.4, -0.2) is 15.6 Å². The van der Waals surface area contributed by atoms with Gasteiger partial charge in [0.1, 0.15) is 0 Å². The number of benzene rings is 1. The molecule has 0 aliphatic carbocycles. The van der Waals surface area contributed by atoms with Gasteiger partial charge in [-0.15, -0.1) is 0 Å². The molecule has 2 rings (SSSR count). The van der Waals surface area contributed by atoms with Crippen LogP contribution in [0.2, 0.25) is 0 Å². The van der Waals surface area contributed by atoms with Crippen LogP contribution in [-0.2, 0) is 6.54 Å². The van der Waals surface area contributed by atoms with E-state index in [0.717, 1.165) is 0 Å². The van der Waals surface area contributed by atoms with Gasteiger partial charge in [-0.2, -0.15) is 0 Å². The smallest absolute Gasteiger partial charge is 0.337 e. The lowest BCUT2D eigenvalue weighted by Gasteiger charge is -2.06. The van der Waals surface area contributed by atoms with Gasteiger partial charge in [-0.05, 0) is 36.6 Å². The van der Waals surface area contributed by atoms with E-state index in [1.807, 2.05) is 4.57 Å².